The zero-order valence-electron chi connectivity index (χ0n) is 9.18. The van der Waals surface area contributed by atoms with E-state index in [0.29, 0.717) is 13.1 Å². The Morgan fingerprint density at radius 2 is 2.31 bits per heavy atom. The highest BCUT2D eigenvalue weighted by Crippen LogP contribution is 2.33. The molecule has 3 rings (SSSR count). The van der Waals surface area contributed by atoms with Gasteiger partial charge >= 0.3 is 0 Å². The second-order valence-corrected chi connectivity index (χ2v) is 4.40. The van der Waals surface area contributed by atoms with Gasteiger partial charge in [-0.1, -0.05) is 6.92 Å². The lowest BCUT2D eigenvalue weighted by molar-refractivity contribution is 0.00824. The molecule has 3 heterocycles. The van der Waals surface area contributed by atoms with Gasteiger partial charge in [-0.15, -0.1) is 0 Å². The average molecular weight is 218 g/mol. The van der Waals surface area contributed by atoms with Crippen molar-refractivity contribution in [2.75, 3.05) is 18.0 Å². The second-order valence-electron chi connectivity index (χ2n) is 4.40. The first-order valence-corrected chi connectivity index (χ1v) is 5.51. The smallest absolute Gasteiger partial charge is 0.139 e. The largest absolute Gasteiger partial charge is 0.464 e. The normalized spacial score (nSPS) is 18.8. The third-order valence-electron chi connectivity index (χ3n) is 3.29. The molecule has 0 amide bonds. The van der Waals surface area contributed by atoms with Gasteiger partial charge in [-0.25, -0.2) is 4.98 Å². The zero-order valence-corrected chi connectivity index (χ0v) is 9.18. The molecule has 0 radical (unpaired) electrons. The van der Waals surface area contributed by atoms with Crippen molar-refractivity contribution in [3.63, 3.8) is 0 Å². The van der Waals surface area contributed by atoms with Crippen molar-refractivity contribution in [2.45, 2.75) is 18.9 Å². The van der Waals surface area contributed by atoms with E-state index < -0.39 is 5.60 Å². The summed E-state index contributed by atoms with van der Waals surface area (Å²) in [6.45, 7) is 3.31. The predicted octanol–water partition coefficient (Wildman–Crippen LogP) is 1.79. The van der Waals surface area contributed by atoms with Crippen molar-refractivity contribution in [1.82, 2.24) is 4.98 Å². The van der Waals surface area contributed by atoms with Crippen LogP contribution >= 0.6 is 0 Å². The molecule has 1 aliphatic rings. The van der Waals surface area contributed by atoms with Crippen LogP contribution < -0.4 is 4.90 Å². The van der Waals surface area contributed by atoms with Gasteiger partial charge in [0.1, 0.15) is 11.4 Å². The Hall–Kier alpha value is -1.55. The lowest BCUT2D eigenvalue weighted by atomic mass is 9.91. The van der Waals surface area contributed by atoms with E-state index in [-0.39, 0.29) is 0 Å². The molecule has 1 aliphatic heterocycles. The second kappa shape index (κ2) is 3.22. The summed E-state index contributed by atoms with van der Waals surface area (Å²) in [4.78, 5) is 6.44. The molecule has 0 unspecified atom stereocenters. The van der Waals surface area contributed by atoms with E-state index in [1.807, 2.05) is 19.1 Å². The number of hydrogen-bond donors (Lipinski definition) is 1. The topological polar surface area (TPSA) is 49.5 Å². The molecule has 16 heavy (non-hydrogen) atoms. The third-order valence-corrected chi connectivity index (χ3v) is 3.29. The minimum absolute atomic E-state index is 0.534. The number of pyridine rings is 1. The number of rotatable bonds is 2. The van der Waals surface area contributed by atoms with Gasteiger partial charge in [-0.2, -0.15) is 0 Å². The summed E-state index contributed by atoms with van der Waals surface area (Å²) in [5, 5.41) is 11.0. The summed E-state index contributed by atoms with van der Waals surface area (Å²) in [5.41, 5.74) is 0.310. The average Bonchev–Trinajstić information content (AvgIpc) is 2.72. The SMILES string of the molecule is CCC1(O)CN(c2nccc3occc23)C1. The van der Waals surface area contributed by atoms with E-state index in [1.54, 1.807) is 12.5 Å². The Balaban J connectivity index is 1.94. The molecule has 0 atom stereocenters. The van der Waals surface area contributed by atoms with E-state index >= 15 is 0 Å². The quantitative estimate of drug-likeness (QED) is 0.834. The van der Waals surface area contributed by atoms with Crippen molar-refractivity contribution < 1.29 is 9.52 Å². The molecule has 84 valence electrons. The van der Waals surface area contributed by atoms with Gasteiger partial charge in [0.15, 0.2) is 0 Å². The first kappa shape index (κ1) is 9.66. The van der Waals surface area contributed by atoms with Gasteiger partial charge in [0, 0.05) is 19.3 Å². The van der Waals surface area contributed by atoms with Gasteiger partial charge in [-0.3, -0.25) is 0 Å². The fourth-order valence-electron chi connectivity index (χ4n) is 2.17. The number of β-amino-alcohol motifs (C(OH)–C–C–N with tert-alkyl or cyclic N) is 1. The summed E-state index contributed by atoms with van der Waals surface area (Å²) in [7, 11) is 0. The highest BCUT2D eigenvalue weighted by atomic mass is 16.3. The highest BCUT2D eigenvalue weighted by Gasteiger charge is 2.40. The maximum absolute atomic E-state index is 9.98. The van der Waals surface area contributed by atoms with Crippen LogP contribution in [0.4, 0.5) is 5.82 Å². The molecule has 0 saturated carbocycles. The van der Waals surface area contributed by atoms with Crippen molar-refractivity contribution in [1.29, 1.82) is 0 Å². The van der Waals surface area contributed by atoms with Crippen molar-refractivity contribution >= 4 is 16.8 Å². The van der Waals surface area contributed by atoms with Crippen LogP contribution in [0.15, 0.2) is 29.0 Å². The molecular weight excluding hydrogens is 204 g/mol. The number of anilines is 1. The van der Waals surface area contributed by atoms with E-state index in [0.717, 1.165) is 23.2 Å². The summed E-state index contributed by atoms with van der Waals surface area (Å²) < 4.78 is 5.33. The fourth-order valence-corrected chi connectivity index (χ4v) is 2.17. The third kappa shape index (κ3) is 1.30. The van der Waals surface area contributed by atoms with Crippen LogP contribution in [-0.4, -0.2) is 28.8 Å². The van der Waals surface area contributed by atoms with Gasteiger partial charge in [-0.05, 0) is 18.6 Å². The van der Waals surface area contributed by atoms with Crippen LogP contribution in [-0.2, 0) is 0 Å². The number of fused-ring (bicyclic) bond motifs is 1. The number of aromatic nitrogens is 1. The lowest BCUT2D eigenvalue weighted by Crippen LogP contribution is -2.61. The molecule has 1 fully saturated rings. The summed E-state index contributed by atoms with van der Waals surface area (Å²) >= 11 is 0. The standard InChI is InChI=1S/C12H14N2O2/c1-2-12(15)7-14(8-12)11-9-4-6-16-10(9)3-5-13-11/h3-6,15H,2,7-8H2,1H3. The van der Waals surface area contributed by atoms with E-state index in [9.17, 15) is 5.11 Å². The first-order valence-electron chi connectivity index (χ1n) is 5.51. The van der Waals surface area contributed by atoms with Crippen molar-refractivity contribution in [2.24, 2.45) is 0 Å². The highest BCUT2D eigenvalue weighted by molar-refractivity contribution is 5.88. The molecule has 4 heteroatoms. The maximum atomic E-state index is 9.98. The minimum atomic E-state index is -0.534. The van der Waals surface area contributed by atoms with Crippen LogP contribution in [0.1, 0.15) is 13.3 Å². The van der Waals surface area contributed by atoms with E-state index in [4.69, 9.17) is 4.42 Å². The van der Waals surface area contributed by atoms with E-state index in [2.05, 4.69) is 9.88 Å². The van der Waals surface area contributed by atoms with Crippen LogP contribution in [0.3, 0.4) is 0 Å². The van der Waals surface area contributed by atoms with Gasteiger partial charge in [0.2, 0.25) is 0 Å². The summed E-state index contributed by atoms with van der Waals surface area (Å²) in [6.07, 6.45) is 4.19. The van der Waals surface area contributed by atoms with Crippen LogP contribution in [0, 0.1) is 0 Å². The van der Waals surface area contributed by atoms with Crippen molar-refractivity contribution in [3.05, 3.63) is 24.6 Å². The number of hydrogen-bond acceptors (Lipinski definition) is 4. The first-order chi connectivity index (χ1) is 7.72. The Bertz CT molecular complexity index is 514. The van der Waals surface area contributed by atoms with E-state index in [1.165, 1.54) is 0 Å². The van der Waals surface area contributed by atoms with Gasteiger partial charge in [0.25, 0.3) is 0 Å². The summed E-state index contributed by atoms with van der Waals surface area (Å²) in [6, 6.07) is 3.77. The molecule has 4 nitrogen and oxygen atoms in total. The van der Waals surface area contributed by atoms with Crippen LogP contribution in [0.2, 0.25) is 0 Å². The Morgan fingerprint density at radius 1 is 1.50 bits per heavy atom. The molecule has 2 aromatic rings. The monoisotopic (exact) mass is 218 g/mol. The lowest BCUT2D eigenvalue weighted by Gasteiger charge is -2.46. The Morgan fingerprint density at radius 3 is 3.06 bits per heavy atom. The molecule has 1 saturated heterocycles. The van der Waals surface area contributed by atoms with Gasteiger partial charge in [0.05, 0.1) is 17.3 Å². The zero-order chi connectivity index (χ0) is 11.2. The predicted molar refractivity (Wildman–Crippen MR) is 61.5 cm³/mol. The maximum Gasteiger partial charge on any atom is 0.139 e. The Kier molecular flexibility index (Phi) is 1.94. The minimum Gasteiger partial charge on any atom is -0.464 e. The molecule has 0 aromatic carbocycles. The molecule has 0 spiro atoms. The molecule has 0 bridgehead atoms. The van der Waals surface area contributed by atoms with Crippen LogP contribution in [0.25, 0.3) is 11.0 Å². The number of aliphatic hydroxyl groups is 1. The molecule has 1 N–H and O–H groups in total. The van der Waals surface area contributed by atoms with Crippen molar-refractivity contribution in [3.8, 4) is 0 Å². The molecular formula is C12H14N2O2. The van der Waals surface area contributed by atoms with Gasteiger partial charge < -0.3 is 14.4 Å². The number of nitrogens with zero attached hydrogens (tertiary/aromatic N) is 2. The molecule has 2 aromatic heterocycles. The summed E-state index contributed by atoms with van der Waals surface area (Å²) in [5.74, 6) is 0.907. The molecule has 0 aliphatic carbocycles. The number of furan rings is 1. The Labute approximate surface area is 93.5 Å². The fraction of sp³-hybridized carbons (Fsp3) is 0.417. The van der Waals surface area contributed by atoms with Crippen LogP contribution in [0.5, 0.6) is 0 Å².